The van der Waals surface area contributed by atoms with Crippen molar-refractivity contribution in [3.05, 3.63) is 106 Å². The van der Waals surface area contributed by atoms with Crippen LogP contribution in [-0.4, -0.2) is 49.3 Å². The summed E-state index contributed by atoms with van der Waals surface area (Å²) in [6.07, 6.45) is 3.38. The highest BCUT2D eigenvalue weighted by molar-refractivity contribution is 6.42. The number of Topliss-reactive ketones (excluding diaryl/α,β-unsaturated/α-hetero) is 1. The molecule has 0 radical (unpaired) electrons. The normalized spacial score (nSPS) is 22.0. The molecule has 1 amide bonds. The monoisotopic (exact) mass is 577 g/mol. The van der Waals surface area contributed by atoms with Crippen LogP contribution in [0.5, 0.6) is 0 Å². The van der Waals surface area contributed by atoms with Gasteiger partial charge < -0.3 is 15.5 Å². The number of nitrogens with zero attached hydrogens (tertiary/aromatic N) is 1. The van der Waals surface area contributed by atoms with Crippen molar-refractivity contribution in [1.29, 1.82) is 0 Å². The van der Waals surface area contributed by atoms with Crippen LogP contribution in [0.2, 0.25) is 10.0 Å². The Balaban J connectivity index is 1.27. The molecule has 5 nitrogen and oxygen atoms in total. The van der Waals surface area contributed by atoms with E-state index in [1.807, 2.05) is 36.4 Å². The standard InChI is InChI=1S/C33H37Cl2N3O2/c1-24(39)22-37-32(26-10-6-3-7-11-26)15-18-38(19-16-32)23-28-21-33(28,27-12-13-29(34)30(35)20-27)31(40)36-17-14-25-8-4-2-5-9-25/h2-13,20,28,37H,14-19,21-23H2,1H3,(H,36,40). The van der Waals surface area contributed by atoms with Gasteiger partial charge in [-0.3, -0.25) is 9.59 Å². The molecule has 1 aliphatic heterocycles. The van der Waals surface area contributed by atoms with Crippen LogP contribution in [-0.2, 0) is 27.0 Å². The van der Waals surface area contributed by atoms with Crippen LogP contribution in [0.3, 0.4) is 0 Å². The zero-order valence-corrected chi connectivity index (χ0v) is 24.5. The lowest BCUT2D eigenvalue weighted by Crippen LogP contribution is -2.52. The highest BCUT2D eigenvalue weighted by Gasteiger charge is 2.61. The third-order valence-electron chi connectivity index (χ3n) is 8.68. The first kappa shape index (κ1) is 28.8. The molecule has 7 heteroatoms. The zero-order chi connectivity index (χ0) is 28.2. The quantitative estimate of drug-likeness (QED) is 0.303. The number of hydrogen-bond acceptors (Lipinski definition) is 4. The minimum absolute atomic E-state index is 0.0607. The number of halogens is 2. The highest BCUT2D eigenvalue weighted by atomic mass is 35.5. The van der Waals surface area contributed by atoms with Gasteiger partial charge in [-0.25, -0.2) is 0 Å². The first-order valence-corrected chi connectivity index (χ1v) is 14.9. The molecular formula is C33H37Cl2N3O2. The van der Waals surface area contributed by atoms with Gasteiger partial charge in [0.15, 0.2) is 0 Å². The van der Waals surface area contributed by atoms with Gasteiger partial charge in [0.1, 0.15) is 5.78 Å². The molecule has 1 saturated heterocycles. The second-order valence-electron chi connectivity index (χ2n) is 11.3. The summed E-state index contributed by atoms with van der Waals surface area (Å²) in [5.41, 5.74) is 2.54. The van der Waals surface area contributed by atoms with Crippen molar-refractivity contribution in [2.45, 2.75) is 43.6 Å². The van der Waals surface area contributed by atoms with Gasteiger partial charge >= 0.3 is 0 Å². The first-order chi connectivity index (χ1) is 19.3. The van der Waals surface area contributed by atoms with Gasteiger partial charge in [0.25, 0.3) is 0 Å². The van der Waals surface area contributed by atoms with Gasteiger partial charge in [-0.1, -0.05) is 89.9 Å². The lowest BCUT2D eigenvalue weighted by molar-refractivity contribution is -0.124. The van der Waals surface area contributed by atoms with Gasteiger partial charge in [-0.05, 0) is 67.3 Å². The molecule has 1 saturated carbocycles. The second-order valence-corrected chi connectivity index (χ2v) is 12.1. The maximum absolute atomic E-state index is 13.8. The smallest absolute Gasteiger partial charge is 0.231 e. The molecule has 1 aliphatic carbocycles. The molecule has 210 valence electrons. The van der Waals surface area contributed by atoms with Gasteiger partial charge in [-0.15, -0.1) is 0 Å². The van der Waals surface area contributed by atoms with E-state index in [0.717, 1.165) is 50.9 Å². The maximum Gasteiger partial charge on any atom is 0.231 e. The molecule has 0 bridgehead atoms. The SMILES string of the molecule is CC(=O)CNC1(c2ccccc2)CCN(CC2CC2(C(=O)NCCc2ccccc2)c2ccc(Cl)c(Cl)c2)CC1. The minimum atomic E-state index is -0.605. The lowest BCUT2D eigenvalue weighted by Gasteiger charge is -2.43. The van der Waals surface area contributed by atoms with Crippen LogP contribution in [0.4, 0.5) is 0 Å². The molecule has 40 heavy (non-hydrogen) atoms. The summed E-state index contributed by atoms with van der Waals surface area (Å²) >= 11 is 12.6. The predicted octanol–water partition coefficient (Wildman–Crippen LogP) is 5.78. The number of ketones is 1. The average Bonchev–Trinajstić information content (AvgIpc) is 3.70. The van der Waals surface area contributed by atoms with E-state index in [1.54, 1.807) is 13.0 Å². The summed E-state index contributed by atoms with van der Waals surface area (Å²) < 4.78 is 0. The van der Waals surface area contributed by atoms with E-state index in [1.165, 1.54) is 11.1 Å². The number of amides is 1. The number of carbonyl (C=O) groups excluding carboxylic acids is 2. The van der Waals surface area contributed by atoms with Crippen molar-refractivity contribution < 1.29 is 9.59 Å². The van der Waals surface area contributed by atoms with E-state index in [4.69, 9.17) is 23.2 Å². The molecule has 2 fully saturated rings. The third kappa shape index (κ3) is 6.28. The highest BCUT2D eigenvalue weighted by Crippen LogP contribution is 2.56. The molecule has 0 aromatic heterocycles. The van der Waals surface area contributed by atoms with Crippen molar-refractivity contribution >= 4 is 34.9 Å². The fraction of sp³-hybridized carbons (Fsp3) is 0.394. The van der Waals surface area contributed by atoms with Crippen LogP contribution in [0, 0.1) is 5.92 Å². The summed E-state index contributed by atoms with van der Waals surface area (Å²) in [4.78, 5) is 28.0. The number of benzene rings is 3. The predicted molar refractivity (Wildman–Crippen MR) is 162 cm³/mol. The summed E-state index contributed by atoms with van der Waals surface area (Å²) in [5, 5.41) is 7.77. The molecule has 2 aliphatic rings. The maximum atomic E-state index is 13.8. The van der Waals surface area contributed by atoms with Gasteiger partial charge in [0, 0.05) is 31.7 Å². The Morgan fingerprint density at radius 1 is 0.900 bits per heavy atom. The first-order valence-electron chi connectivity index (χ1n) is 14.1. The summed E-state index contributed by atoms with van der Waals surface area (Å²) in [5.74, 6) is 0.391. The number of nitrogens with one attached hydrogen (secondary N) is 2. The van der Waals surface area contributed by atoms with E-state index in [2.05, 4.69) is 51.9 Å². The fourth-order valence-corrected chi connectivity index (χ4v) is 6.55. The van der Waals surface area contributed by atoms with Crippen LogP contribution >= 0.6 is 23.2 Å². The number of piperidine rings is 1. The number of rotatable bonds is 11. The van der Waals surface area contributed by atoms with Gasteiger partial charge in [0.05, 0.1) is 22.0 Å². The molecular weight excluding hydrogens is 541 g/mol. The molecule has 2 N–H and O–H groups in total. The Hall–Kier alpha value is -2.70. The number of carbonyl (C=O) groups is 2. The Labute approximate surface area is 247 Å². The number of hydrogen-bond donors (Lipinski definition) is 2. The Bertz CT molecular complexity index is 1330. The molecule has 1 heterocycles. The average molecular weight is 579 g/mol. The van der Waals surface area contributed by atoms with E-state index < -0.39 is 5.41 Å². The van der Waals surface area contributed by atoms with Gasteiger partial charge in [0.2, 0.25) is 5.91 Å². The van der Waals surface area contributed by atoms with E-state index in [-0.39, 0.29) is 23.1 Å². The van der Waals surface area contributed by atoms with Crippen molar-refractivity contribution in [2.75, 3.05) is 32.7 Å². The van der Waals surface area contributed by atoms with Crippen LogP contribution < -0.4 is 10.6 Å². The van der Waals surface area contributed by atoms with Gasteiger partial charge in [-0.2, -0.15) is 0 Å². The van der Waals surface area contributed by atoms with Crippen molar-refractivity contribution in [1.82, 2.24) is 15.5 Å². The summed E-state index contributed by atoms with van der Waals surface area (Å²) in [7, 11) is 0. The van der Waals surface area contributed by atoms with E-state index in [0.29, 0.717) is 23.1 Å². The molecule has 2 unspecified atom stereocenters. The molecule has 0 spiro atoms. The molecule has 5 rings (SSSR count). The summed E-state index contributed by atoms with van der Waals surface area (Å²) in [6.45, 7) is 5.20. The van der Waals surface area contributed by atoms with E-state index >= 15 is 0 Å². The topological polar surface area (TPSA) is 61.4 Å². The van der Waals surface area contributed by atoms with E-state index in [9.17, 15) is 9.59 Å². The zero-order valence-electron chi connectivity index (χ0n) is 23.0. The van der Waals surface area contributed by atoms with Crippen molar-refractivity contribution in [3.8, 4) is 0 Å². The minimum Gasteiger partial charge on any atom is -0.355 e. The van der Waals surface area contributed by atoms with Crippen LogP contribution in [0.25, 0.3) is 0 Å². The largest absolute Gasteiger partial charge is 0.355 e. The molecule has 3 aromatic carbocycles. The van der Waals surface area contributed by atoms with Crippen LogP contribution in [0.1, 0.15) is 42.9 Å². The molecule has 2 atom stereocenters. The Morgan fingerprint density at radius 3 is 2.23 bits per heavy atom. The Morgan fingerprint density at radius 2 is 1.57 bits per heavy atom. The van der Waals surface area contributed by atoms with Crippen LogP contribution in [0.15, 0.2) is 78.9 Å². The number of likely N-dealkylation sites (tertiary alicyclic amines) is 1. The van der Waals surface area contributed by atoms with Crippen molar-refractivity contribution in [2.24, 2.45) is 5.92 Å². The molecule has 3 aromatic rings. The Kier molecular flexibility index (Phi) is 8.96. The third-order valence-corrected chi connectivity index (χ3v) is 9.42. The lowest BCUT2D eigenvalue weighted by atomic mass is 9.80. The second kappa shape index (κ2) is 12.4. The fourth-order valence-electron chi connectivity index (χ4n) is 6.26. The van der Waals surface area contributed by atoms with Crippen molar-refractivity contribution in [3.63, 3.8) is 0 Å². The summed E-state index contributed by atoms with van der Waals surface area (Å²) in [6, 6.07) is 26.3.